The molecular formula is C22H23Br2N4O-. The molecule has 152 valence electrons. The van der Waals surface area contributed by atoms with E-state index in [-0.39, 0.29) is 22.5 Å². The zero-order chi connectivity index (χ0) is 19.5. The van der Waals surface area contributed by atoms with Gasteiger partial charge < -0.3 is 22.7 Å². The normalized spacial score (nSPS) is 14.0. The van der Waals surface area contributed by atoms with Crippen molar-refractivity contribution in [2.24, 2.45) is 4.99 Å². The van der Waals surface area contributed by atoms with Gasteiger partial charge in [0, 0.05) is 11.0 Å². The molecule has 2 heterocycles. The van der Waals surface area contributed by atoms with Gasteiger partial charge in [0.25, 0.3) is 5.56 Å². The van der Waals surface area contributed by atoms with Crippen LogP contribution in [-0.4, -0.2) is 21.6 Å². The first kappa shape index (κ1) is 21.6. The van der Waals surface area contributed by atoms with Crippen LogP contribution in [0, 0.1) is 0 Å². The maximum Gasteiger partial charge on any atom is 0.282 e. The number of anilines is 1. The molecular weight excluding hydrogens is 496 g/mol. The number of hydrogen-bond acceptors (Lipinski definition) is 3. The third-order valence-corrected chi connectivity index (χ3v) is 5.62. The summed E-state index contributed by atoms with van der Waals surface area (Å²) in [7, 11) is 0. The third kappa shape index (κ3) is 4.56. The van der Waals surface area contributed by atoms with Gasteiger partial charge in [-0.25, -0.2) is 4.68 Å². The molecule has 0 unspecified atom stereocenters. The van der Waals surface area contributed by atoms with Crippen LogP contribution in [0.5, 0.6) is 0 Å². The molecule has 4 rings (SSSR count). The van der Waals surface area contributed by atoms with E-state index in [1.807, 2.05) is 59.3 Å². The summed E-state index contributed by atoms with van der Waals surface area (Å²) >= 11 is 3.47. The van der Waals surface area contributed by atoms with Crippen molar-refractivity contribution < 1.29 is 17.0 Å². The molecule has 0 amide bonds. The van der Waals surface area contributed by atoms with Crippen LogP contribution in [0.4, 0.5) is 5.82 Å². The van der Waals surface area contributed by atoms with Crippen LogP contribution in [-0.2, 0) is 6.54 Å². The number of aromatic nitrogens is 2. The van der Waals surface area contributed by atoms with Crippen LogP contribution in [0.2, 0.25) is 0 Å². The Bertz CT molecular complexity index is 1050. The minimum absolute atomic E-state index is 0. The molecule has 1 aliphatic heterocycles. The lowest BCUT2D eigenvalue weighted by Gasteiger charge is -2.13. The topological polar surface area (TPSA) is 65.3 Å². The van der Waals surface area contributed by atoms with Crippen molar-refractivity contribution in [3.05, 3.63) is 80.6 Å². The molecule has 2 N–H and O–H groups in total. The Hall–Kier alpha value is -2.12. The average Bonchev–Trinajstić information content (AvgIpc) is 2.88. The number of benzene rings is 2. The van der Waals surface area contributed by atoms with Gasteiger partial charge in [-0.15, -0.1) is 0 Å². The number of nitrogens with zero attached hydrogens (tertiary/aromatic N) is 3. The lowest BCUT2D eigenvalue weighted by molar-refractivity contribution is -0.00000565. The van der Waals surface area contributed by atoms with Crippen LogP contribution in [0.3, 0.4) is 0 Å². The zero-order valence-corrected chi connectivity index (χ0v) is 19.2. The molecule has 0 atom stereocenters. The van der Waals surface area contributed by atoms with E-state index in [2.05, 4.69) is 20.9 Å². The second-order valence-electron chi connectivity index (χ2n) is 7.04. The fraction of sp³-hybridized carbons (Fsp3) is 0.273. The molecule has 2 aromatic carbocycles. The summed E-state index contributed by atoms with van der Waals surface area (Å²) in [6, 6.07) is 17.7. The van der Waals surface area contributed by atoms with Gasteiger partial charge in [-0.3, -0.25) is 14.5 Å². The SMILES string of the molecule is Nc1c(C2=NCCCCC2)c(=O)n(-c2ccccc2)n1Cc1ccc(Br)cc1.[Br-]. The lowest BCUT2D eigenvalue weighted by Crippen LogP contribution is -3.00. The molecule has 7 heteroatoms. The Morgan fingerprint density at radius 2 is 1.72 bits per heavy atom. The smallest absolute Gasteiger partial charge is 0.282 e. The van der Waals surface area contributed by atoms with E-state index in [1.165, 1.54) is 0 Å². The molecule has 0 radical (unpaired) electrons. The molecule has 3 aromatic rings. The van der Waals surface area contributed by atoms with Crippen LogP contribution in [0.15, 0.2) is 68.9 Å². The van der Waals surface area contributed by atoms with Crippen molar-refractivity contribution in [2.75, 3.05) is 12.3 Å². The number of halogens is 2. The highest BCUT2D eigenvalue weighted by molar-refractivity contribution is 9.10. The second-order valence-corrected chi connectivity index (χ2v) is 7.95. The summed E-state index contributed by atoms with van der Waals surface area (Å²) < 4.78 is 4.56. The monoisotopic (exact) mass is 517 g/mol. The zero-order valence-electron chi connectivity index (χ0n) is 16.0. The summed E-state index contributed by atoms with van der Waals surface area (Å²) in [5.41, 5.74) is 9.74. The number of aliphatic imine (C=N–C) groups is 1. The van der Waals surface area contributed by atoms with Crippen LogP contribution < -0.4 is 28.3 Å². The average molecular weight is 519 g/mol. The minimum Gasteiger partial charge on any atom is -1.00 e. The molecule has 0 bridgehead atoms. The van der Waals surface area contributed by atoms with Crippen LogP contribution in [0.25, 0.3) is 5.69 Å². The number of nitrogens with two attached hydrogens (primary N) is 1. The second kappa shape index (κ2) is 9.59. The highest BCUT2D eigenvalue weighted by Crippen LogP contribution is 2.21. The van der Waals surface area contributed by atoms with E-state index < -0.39 is 0 Å². The molecule has 0 saturated carbocycles. The largest absolute Gasteiger partial charge is 1.00 e. The Kier molecular flexibility index (Phi) is 7.14. The molecule has 0 aliphatic carbocycles. The first-order valence-electron chi connectivity index (χ1n) is 9.60. The van der Waals surface area contributed by atoms with Gasteiger partial charge in [-0.2, -0.15) is 0 Å². The summed E-state index contributed by atoms with van der Waals surface area (Å²) in [5.74, 6) is 0.484. The number of para-hydroxylation sites is 1. The number of hydrogen-bond donors (Lipinski definition) is 1. The van der Waals surface area contributed by atoms with E-state index in [4.69, 9.17) is 5.73 Å². The molecule has 0 fully saturated rings. The standard InChI is InChI=1S/C22H23BrN4O.BrH/c23-17-12-10-16(11-13-17)15-26-21(24)20(19-9-5-2-6-14-25-19)22(28)27(26)18-7-3-1-4-8-18;/h1,3-4,7-8,10-13H,2,5-6,9,14-15,24H2;1H/p-1. The van der Waals surface area contributed by atoms with Crippen LogP contribution in [0.1, 0.15) is 36.8 Å². The van der Waals surface area contributed by atoms with E-state index in [9.17, 15) is 4.79 Å². The highest BCUT2D eigenvalue weighted by Gasteiger charge is 2.23. The predicted molar refractivity (Wildman–Crippen MR) is 118 cm³/mol. The molecule has 5 nitrogen and oxygen atoms in total. The number of rotatable bonds is 4. The lowest BCUT2D eigenvalue weighted by atomic mass is 10.1. The fourth-order valence-corrected chi connectivity index (χ4v) is 3.92. The first-order chi connectivity index (χ1) is 13.6. The van der Waals surface area contributed by atoms with E-state index in [1.54, 1.807) is 4.68 Å². The first-order valence-corrected chi connectivity index (χ1v) is 10.4. The molecule has 0 saturated heterocycles. The van der Waals surface area contributed by atoms with Gasteiger partial charge in [-0.05, 0) is 49.1 Å². The Balaban J connectivity index is 0.00000240. The van der Waals surface area contributed by atoms with Gasteiger partial charge in [0.1, 0.15) is 11.4 Å². The van der Waals surface area contributed by atoms with Gasteiger partial charge in [-0.1, -0.05) is 52.7 Å². The summed E-state index contributed by atoms with van der Waals surface area (Å²) in [6.45, 7) is 1.27. The van der Waals surface area contributed by atoms with Gasteiger partial charge in [0.15, 0.2) is 0 Å². The van der Waals surface area contributed by atoms with E-state index in [0.717, 1.165) is 53.7 Å². The Morgan fingerprint density at radius 3 is 2.45 bits per heavy atom. The van der Waals surface area contributed by atoms with Gasteiger partial charge in [0.2, 0.25) is 0 Å². The van der Waals surface area contributed by atoms with E-state index >= 15 is 0 Å². The highest BCUT2D eigenvalue weighted by atomic mass is 79.9. The maximum absolute atomic E-state index is 13.4. The molecule has 1 aromatic heterocycles. The van der Waals surface area contributed by atoms with Crippen molar-refractivity contribution in [3.63, 3.8) is 0 Å². The minimum atomic E-state index is -0.0959. The molecule has 1 aliphatic rings. The third-order valence-electron chi connectivity index (χ3n) is 5.09. The van der Waals surface area contributed by atoms with Crippen molar-refractivity contribution in [1.29, 1.82) is 0 Å². The van der Waals surface area contributed by atoms with Gasteiger partial charge in [0.05, 0.1) is 17.9 Å². The summed E-state index contributed by atoms with van der Waals surface area (Å²) in [5, 5.41) is 0. The quantitative estimate of drug-likeness (QED) is 0.567. The van der Waals surface area contributed by atoms with Crippen molar-refractivity contribution in [1.82, 2.24) is 9.36 Å². The van der Waals surface area contributed by atoms with Crippen molar-refractivity contribution in [2.45, 2.75) is 32.2 Å². The van der Waals surface area contributed by atoms with Gasteiger partial charge >= 0.3 is 0 Å². The van der Waals surface area contributed by atoms with Crippen molar-refractivity contribution in [3.8, 4) is 5.69 Å². The summed E-state index contributed by atoms with van der Waals surface area (Å²) in [6.07, 6.45) is 4.05. The van der Waals surface area contributed by atoms with Crippen LogP contribution >= 0.6 is 15.9 Å². The Labute approximate surface area is 189 Å². The maximum atomic E-state index is 13.4. The number of nitrogen functional groups attached to an aromatic ring is 1. The Morgan fingerprint density at radius 1 is 1.00 bits per heavy atom. The molecule has 29 heavy (non-hydrogen) atoms. The van der Waals surface area contributed by atoms with Crippen molar-refractivity contribution >= 4 is 27.5 Å². The molecule has 0 spiro atoms. The fourth-order valence-electron chi connectivity index (χ4n) is 3.66. The van der Waals surface area contributed by atoms with E-state index in [0.29, 0.717) is 17.9 Å². The predicted octanol–water partition coefficient (Wildman–Crippen LogP) is 1.40. The summed E-state index contributed by atoms with van der Waals surface area (Å²) in [4.78, 5) is 18.1.